The van der Waals surface area contributed by atoms with Crippen molar-refractivity contribution in [3.8, 4) is 0 Å². The number of carboxylic acid groups (broad SMARTS) is 1. The molecule has 0 amide bonds. The molecule has 0 aliphatic heterocycles. The minimum absolute atomic E-state index is 0.0469. The second kappa shape index (κ2) is 6.91. The number of carboxylic acids is 1. The molecule has 4 nitrogen and oxygen atoms in total. The van der Waals surface area contributed by atoms with Crippen molar-refractivity contribution >= 4 is 11.7 Å². The van der Waals surface area contributed by atoms with E-state index in [4.69, 9.17) is 5.11 Å². The number of benzene rings is 1. The molecule has 0 saturated carbocycles. The molecular weight excluding hydrogens is 216 g/mol. The van der Waals surface area contributed by atoms with Crippen LogP contribution in [0.2, 0.25) is 0 Å². The summed E-state index contributed by atoms with van der Waals surface area (Å²) in [5.41, 5.74) is 2.06. The molecule has 1 aromatic rings. The third kappa shape index (κ3) is 4.87. The molecular formula is C13H20N2O2. The van der Waals surface area contributed by atoms with Gasteiger partial charge in [-0.2, -0.15) is 0 Å². The minimum atomic E-state index is -0.848. The smallest absolute Gasteiger partial charge is 0.322 e. The molecule has 0 aliphatic carbocycles. The highest BCUT2D eigenvalue weighted by atomic mass is 16.4. The van der Waals surface area contributed by atoms with Crippen LogP contribution >= 0.6 is 0 Å². The number of rotatable bonds is 7. The van der Waals surface area contributed by atoms with Crippen LogP contribution in [0.1, 0.15) is 19.4 Å². The van der Waals surface area contributed by atoms with Crippen molar-refractivity contribution in [2.24, 2.45) is 0 Å². The average molecular weight is 236 g/mol. The van der Waals surface area contributed by atoms with Gasteiger partial charge < -0.3 is 10.4 Å². The zero-order valence-corrected chi connectivity index (χ0v) is 10.4. The van der Waals surface area contributed by atoms with Gasteiger partial charge in [-0.3, -0.25) is 9.69 Å². The first-order valence-electron chi connectivity index (χ1n) is 5.92. The van der Waals surface area contributed by atoms with Crippen molar-refractivity contribution in [3.05, 3.63) is 29.8 Å². The fourth-order valence-corrected chi connectivity index (χ4v) is 1.66. The molecule has 0 unspecified atom stereocenters. The lowest BCUT2D eigenvalue weighted by Crippen LogP contribution is -2.22. The molecule has 1 aromatic carbocycles. The van der Waals surface area contributed by atoms with Crippen LogP contribution in [0.15, 0.2) is 24.3 Å². The average Bonchev–Trinajstić information content (AvgIpc) is 2.34. The Kier molecular flexibility index (Phi) is 5.49. The van der Waals surface area contributed by atoms with Gasteiger partial charge in [-0.25, -0.2) is 0 Å². The van der Waals surface area contributed by atoms with E-state index in [0.29, 0.717) is 0 Å². The predicted octanol–water partition coefficient (Wildman–Crippen LogP) is 2.02. The molecule has 2 N–H and O–H groups in total. The molecule has 0 atom stereocenters. The minimum Gasteiger partial charge on any atom is -0.480 e. The molecule has 1 rings (SSSR count). The van der Waals surface area contributed by atoms with Crippen LogP contribution in [0.4, 0.5) is 5.69 Å². The number of nitrogens with zero attached hydrogens (tertiary/aromatic N) is 1. The van der Waals surface area contributed by atoms with Crippen LogP contribution in [0.3, 0.4) is 0 Å². The summed E-state index contributed by atoms with van der Waals surface area (Å²) in [6, 6.07) is 7.89. The van der Waals surface area contributed by atoms with Gasteiger partial charge in [-0.05, 0) is 30.8 Å². The molecule has 94 valence electrons. The van der Waals surface area contributed by atoms with Crippen LogP contribution in [-0.4, -0.2) is 35.6 Å². The van der Waals surface area contributed by atoms with E-state index < -0.39 is 5.97 Å². The van der Waals surface area contributed by atoms with E-state index in [1.807, 2.05) is 18.2 Å². The molecule has 0 fully saturated rings. The highest BCUT2D eigenvalue weighted by Crippen LogP contribution is 2.12. The van der Waals surface area contributed by atoms with Gasteiger partial charge in [0.25, 0.3) is 0 Å². The first-order valence-corrected chi connectivity index (χ1v) is 5.92. The molecule has 0 radical (unpaired) electrons. The Bertz CT molecular complexity index is 362. The Morgan fingerprint density at radius 3 is 2.65 bits per heavy atom. The first-order chi connectivity index (χ1) is 8.15. The van der Waals surface area contributed by atoms with Crippen molar-refractivity contribution in [3.63, 3.8) is 0 Å². The van der Waals surface area contributed by atoms with Crippen LogP contribution in [0, 0.1) is 0 Å². The van der Waals surface area contributed by atoms with Crippen LogP contribution < -0.4 is 5.32 Å². The molecule has 0 aliphatic rings. The monoisotopic (exact) mass is 236 g/mol. The summed E-state index contributed by atoms with van der Waals surface area (Å²) in [5, 5.41) is 11.5. The first kappa shape index (κ1) is 13.5. The highest BCUT2D eigenvalue weighted by Gasteiger charge is 2.02. The van der Waals surface area contributed by atoms with Gasteiger partial charge in [0.05, 0.1) is 0 Å². The lowest BCUT2D eigenvalue weighted by molar-refractivity contribution is -0.134. The largest absolute Gasteiger partial charge is 0.480 e. The van der Waals surface area contributed by atoms with Crippen LogP contribution in [0.5, 0.6) is 0 Å². The topological polar surface area (TPSA) is 52.6 Å². The van der Waals surface area contributed by atoms with Gasteiger partial charge in [0, 0.05) is 12.2 Å². The van der Waals surface area contributed by atoms with Gasteiger partial charge in [0.15, 0.2) is 0 Å². The second-order valence-corrected chi connectivity index (χ2v) is 3.91. The van der Waals surface area contributed by atoms with Crippen molar-refractivity contribution in [2.45, 2.75) is 20.4 Å². The maximum atomic E-state index is 10.5. The summed E-state index contributed by atoms with van der Waals surface area (Å²) < 4.78 is 0. The summed E-state index contributed by atoms with van der Waals surface area (Å²) in [6.45, 7) is 7.16. The molecule has 0 saturated heterocycles. The second-order valence-electron chi connectivity index (χ2n) is 3.91. The highest BCUT2D eigenvalue weighted by molar-refractivity contribution is 5.72. The Morgan fingerprint density at radius 1 is 1.35 bits per heavy atom. The van der Waals surface area contributed by atoms with E-state index >= 15 is 0 Å². The maximum Gasteiger partial charge on any atom is 0.322 e. The van der Waals surface area contributed by atoms with Crippen molar-refractivity contribution in [1.82, 2.24) is 4.90 Å². The Balaban J connectivity index is 2.61. The zero-order chi connectivity index (χ0) is 12.7. The number of hydrogen-bond acceptors (Lipinski definition) is 3. The van der Waals surface area contributed by atoms with Crippen LogP contribution in [-0.2, 0) is 11.3 Å². The van der Waals surface area contributed by atoms with Gasteiger partial charge in [0.2, 0.25) is 0 Å². The molecule has 0 spiro atoms. The zero-order valence-electron chi connectivity index (χ0n) is 10.4. The summed E-state index contributed by atoms with van der Waals surface area (Å²) in [7, 11) is 0. The van der Waals surface area contributed by atoms with Gasteiger partial charge in [-0.1, -0.05) is 26.0 Å². The lowest BCUT2D eigenvalue weighted by Gasteiger charge is -2.18. The van der Waals surface area contributed by atoms with Crippen molar-refractivity contribution in [2.75, 3.05) is 25.0 Å². The van der Waals surface area contributed by atoms with Crippen LogP contribution in [0.25, 0.3) is 0 Å². The lowest BCUT2D eigenvalue weighted by atomic mass is 10.2. The van der Waals surface area contributed by atoms with E-state index in [2.05, 4.69) is 30.1 Å². The van der Waals surface area contributed by atoms with E-state index in [-0.39, 0.29) is 6.54 Å². The summed E-state index contributed by atoms with van der Waals surface area (Å²) in [5.74, 6) is -0.848. The fourth-order valence-electron chi connectivity index (χ4n) is 1.66. The Morgan fingerprint density at radius 2 is 2.06 bits per heavy atom. The third-order valence-electron chi connectivity index (χ3n) is 2.67. The molecule has 0 heterocycles. The van der Waals surface area contributed by atoms with Gasteiger partial charge in [0.1, 0.15) is 6.54 Å². The number of carbonyl (C=O) groups is 1. The normalized spacial score (nSPS) is 10.5. The SMILES string of the molecule is CCN(CC)Cc1cccc(NCC(=O)O)c1. The quantitative estimate of drug-likeness (QED) is 0.760. The summed E-state index contributed by atoms with van der Waals surface area (Å²) in [4.78, 5) is 12.8. The summed E-state index contributed by atoms with van der Waals surface area (Å²) in [6.07, 6.45) is 0. The number of anilines is 1. The maximum absolute atomic E-state index is 10.5. The Hall–Kier alpha value is -1.55. The van der Waals surface area contributed by atoms with E-state index in [0.717, 1.165) is 25.3 Å². The summed E-state index contributed by atoms with van der Waals surface area (Å²) >= 11 is 0. The van der Waals surface area contributed by atoms with E-state index in [1.54, 1.807) is 0 Å². The van der Waals surface area contributed by atoms with Gasteiger partial charge in [-0.15, -0.1) is 0 Å². The Labute approximate surface area is 102 Å². The van der Waals surface area contributed by atoms with Crippen molar-refractivity contribution < 1.29 is 9.90 Å². The molecule has 4 heteroatoms. The molecule has 17 heavy (non-hydrogen) atoms. The van der Waals surface area contributed by atoms with E-state index in [1.165, 1.54) is 5.56 Å². The van der Waals surface area contributed by atoms with Crippen molar-refractivity contribution in [1.29, 1.82) is 0 Å². The number of nitrogens with one attached hydrogen (secondary N) is 1. The third-order valence-corrected chi connectivity index (χ3v) is 2.67. The predicted molar refractivity (Wildman–Crippen MR) is 69.2 cm³/mol. The standard InChI is InChI=1S/C13H20N2O2/c1-3-15(4-2)10-11-6-5-7-12(8-11)14-9-13(16)17/h5-8,14H,3-4,9-10H2,1-2H3,(H,16,17). The molecule has 0 bridgehead atoms. The van der Waals surface area contributed by atoms with Gasteiger partial charge >= 0.3 is 5.97 Å². The fraction of sp³-hybridized carbons (Fsp3) is 0.462. The van der Waals surface area contributed by atoms with E-state index in [9.17, 15) is 4.79 Å². The molecule has 0 aromatic heterocycles. The number of aliphatic carboxylic acids is 1. The number of hydrogen-bond donors (Lipinski definition) is 2.